The van der Waals surface area contributed by atoms with Crippen LogP contribution in [0.25, 0.3) is 0 Å². The number of aliphatic hydroxyl groups excluding tert-OH is 2. The highest BCUT2D eigenvalue weighted by Crippen LogP contribution is 2.22. The number of rotatable bonds is 6. The van der Waals surface area contributed by atoms with Gasteiger partial charge in [0.05, 0.1) is 5.56 Å². The van der Waals surface area contributed by atoms with Crippen molar-refractivity contribution in [2.45, 2.75) is 18.8 Å². The summed E-state index contributed by atoms with van der Waals surface area (Å²) in [5.74, 6) is -0.900. The van der Waals surface area contributed by atoms with Crippen LogP contribution in [-0.4, -0.2) is 29.0 Å². The van der Waals surface area contributed by atoms with Gasteiger partial charge in [0.15, 0.2) is 0 Å². The number of halogens is 1. The lowest BCUT2D eigenvalue weighted by Gasteiger charge is -2.19. The van der Waals surface area contributed by atoms with Gasteiger partial charge in [-0.3, -0.25) is 0 Å². The van der Waals surface area contributed by atoms with Crippen LogP contribution in [0.4, 0.5) is 9.18 Å². The van der Waals surface area contributed by atoms with Crippen molar-refractivity contribution in [3.63, 3.8) is 0 Å². The van der Waals surface area contributed by atoms with Crippen LogP contribution in [0.1, 0.15) is 22.8 Å². The van der Waals surface area contributed by atoms with E-state index in [0.717, 1.165) is 5.56 Å². The van der Waals surface area contributed by atoms with E-state index in [1.165, 1.54) is 18.2 Å². The zero-order valence-corrected chi connectivity index (χ0v) is 13.2. The summed E-state index contributed by atoms with van der Waals surface area (Å²) in [6.45, 7) is -0.283. The van der Waals surface area contributed by atoms with Gasteiger partial charge in [0.2, 0.25) is 0 Å². The second-order valence-electron chi connectivity index (χ2n) is 5.28. The van der Waals surface area contributed by atoms with E-state index in [0.29, 0.717) is 0 Å². The predicted molar refractivity (Wildman–Crippen MR) is 86.7 cm³/mol. The number of hydrogen-bond acceptors (Lipinski definition) is 5. The fourth-order valence-electron chi connectivity index (χ4n) is 2.15. The van der Waals surface area contributed by atoms with Gasteiger partial charge >= 0.3 is 6.09 Å². The van der Waals surface area contributed by atoms with Gasteiger partial charge in [-0.1, -0.05) is 42.5 Å². The molecule has 0 radical (unpaired) electrons. The zero-order chi connectivity index (χ0) is 18.2. The second-order valence-corrected chi connectivity index (χ2v) is 5.28. The molecule has 6 nitrogen and oxygen atoms in total. The molecule has 2 atom stereocenters. The van der Waals surface area contributed by atoms with Gasteiger partial charge in [-0.25, -0.2) is 9.18 Å². The Bertz CT molecular complexity index is 761. The average Bonchev–Trinajstić information content (AvgIpc) is 2.65. The smallest absolute Gasteiger partial charge is 0.407 e. The van der Waals surface area contributed by atoms with E-state index in [2.05, 4.69) is 5.32 Å². The molecule has 2 rings (SSSR count). The summed E-state index contributed by atoms with van der Waals surface area (Å²) in [4.78, 5) is 11.6. The molecule has 1 amide bonds. The Morgan fingerprint density at radius 3 is 2.60 bits per heavy atom. The summed E-state index contributed by atoms with van der Waals surface area (Å²) in [6.07, 6.45) is -3.84. The lowest BCUT2D eigenvalue weighted by molar-refractivity contribution is 0.0164. The SMILES string of the molecule is N#Cc1cccc(C(O)C(O)CNC(=O)OCc2ccccc2)c1F. The van der Waals surface area contributed by atoms with Crippen molar-refractivity contribution in [3.05, 3.63) is 71.0 Å². The number of nitrogens with zero attached hydrogens (tertiary/aromatic N) is 1. The molecule has 0 aromatic heterocycles. The van der Waals surface area contributed by atoms with Crippen LogP contribution in [0.3, 0.4) is 0 Å². The Hall–Kier alpha value is -2.95. The minimum absolute atomic E-state index is 0.0597. The first-order chi connectivity index (χ1) is 12.0. The first-order valence-electron chi connectivity index (χ1n) is 7.52. The third kappa shape index (κ3) is 5.01. The van der Waals surface area contributed by atoms with Crippen molar-refractivity contribution in [1.29, 1.82) is 5.26 Å². The number of carbonyl (C=O) groups is 1. The fourth-order valence-corrected chi connectivity index (χ4v) is 2.15. The van der Waals surface area contributed by atoms with Crippen molar-refractivity contribution in [2.75, 3.05) is 6.54 Å². The third-order valence-corrected chi connectivity index (χ3v) is 3.50. The van der Waals surface area contributed by atoms with Gasteiger partial charge in [0, 0.05) is 12.1 Å². The predicted octanol–water partition coefficient (Wildman–Crippen LogP) is 2.02. The topological polar surface area (TPSA) is 103 Å². The van der Waals surface area contributed by atoms with E-state index < -0.39 is 24.1 Å². The van der Waals surface area contributed by atoms with E-state index in [1.54, 1.807) is 30.3 Å². The molecule has 7 heteroatoms. The van der Waals surface area contributed by atoms with Crippen molar-refractivity contribution in [3.8, 4) is 6.07 Å². The Morgan fingerprint density at radius 1 is 1.20 bits per heavy atom. The molecule has 0 heterocycles. The molecule has 0 saturated carbocycles. The molecule has 0 fully saturated rings. The molecule has 0 bridgehead atoms. The van der Waals surface area contributed by atoms with E-state index in [-0.39, 0.29) is 24.3 Å². The lowest BCUT2D eigenvalue weighted by Crippen LogP contribution is -2.36. The third-order valence-electron chi connectivity index (χ3n) is 3.50. The molecule has 0 spiro atoms. The molecule has 2 unspecified atom stereocenters. The molecule has 0 aliphatic heterocycles. The molecule has 130 valence electrons. The van der Waals surface area contributed by atoms with Crippen LogP contribution in [0, 0.1) is 17.1 Å². The number of nitrogens with one attached hydrogen (secondary N) is 1. The molecule has 0 saturated heterocycles. The van der Waals surface area contributed by atoms with Crippen molar-refractivity contribution >= 4 is 6.09 Å². The molecule has 25 heavy (non-hydrogen) atoms. The van der Waals surface area contributed by atoms with Gasteiger partial charge in [0.1, 0.15) is 30.7 Å². The normalized spacial score (nSPS) is 12.7. The zero-order valence-electron chi connectivity index (χ0n) is 13.2. The molecule has 0 aliphatic rings. The second kappa shape index (κ2) is 8.78. The van der Waals surface area contributed by atoms with Gasteiger partial charge in [-0.2, -0.15) is 5.26 Å². The number of benzene rings is 2. The highest BCUT2D eigenvalue weighted by molar-refractivity contribution is 5.67. The molecular formula is C18H17FN2O4. The first-order valence-corrected chi connectivity index (χ1v) is 7.52. The minimum Gasteiger partial charge on any atom is -0.445 e. The minimum atomic E-state index is -1.59. The number of carbonyl (C=O) groups excluding carboxylic acids is 1. The fraction of sp³-hybridized carbons (Fsp3) is 0.222. The molecule has 3 N–H and O–H groups in total. The number of nitriles is 1. The Labute approximate surface area is 144 Å². The van der Waals surface area contributed by atoms with E-state index >= 15 is 0 Å². The van der Waals surface area contributed by atoms with Crippen molar-refractivity contribution < 1.29 is 24.1 Å². The number of hydrogen-bond donors (Lipinski definition) is 3. The maximum Gasteiger partial charge on any atom is 0.407 e. The summed E-state index contributed by atoms with van der Waals surface area (Å²) < 4.78 is 18.9. The van der Waals surface area contributed by atoms with Crippen LogP contribution in [0.2, 0.25) is 0 Å². The van der Waals surface area contributed by atoms with Gasteiger partial charge < -0.3 is 20.3 Å². The van der Waals surface area contributed by atoms with E-state index in [9.17, 15) is 19.4 Å². The highest BCUT2D eigenvalue weighted by Gasteiger charge is 2.23. The van der Waals surface area contributed by atoms with Gasteiger partial charge in [-0.15, -0.1) is 0 Å². The molecule has 0 aliphatic carbocycles. The van der Waals surface area contributed by atoms with E-state index in [1.807, 2.05) is 6.07 Å². The summed E-state index contributed by atoms with van der Waals surface area (Å²) >= 11 is 0. The Kier molecular flexibility index (Phi) is 6.46. The summed E-state index contributed by atoms with van der Waals surface area (Å²) in [7, 11) is 0. The number of amides is 1. The monoisotopic (exact) mass is 344 g/mol. The van der Waals surface area contributed by atoms with Crippen LogP contribution in [0.5, 0.6) is 0 Å². The number of aliphatic hydroxyl groups is 2. The van der Waals surface area contributed by atoms with Crippen molar-refractivity contribution in [1.82, 2.24) is 5.32 Å². The average molecular weight is 344 g/mol. The standard InChI is InChI=1S/C18H17FN2O4/c19-16-13(9-20)7-4-8-14(16)17(23)15(22)10-21-18(24)25-11-12-5-2-1-3-6-12/h1-8,15,17,22-23H,10-11H2,(H,21,24). The van der Waals surface area contributed by atoms with Gasteiger partial charge in [0.25, 0.3) is 0 Å². The first kappa shape index (κ1) is 18.4. The quantitative estimate of drug-likeness (QED) is 0.744. The van der Waals surface area contributed by atoms with Crippen LogP contribution in [0.15, 0.2) is 48.5 Å². The maximum absolute atomic E-state index is 14.0. The largest absolute Gasteiger partial charge is 0.445 e. The molecule has 2 aromatic rings. The van der Waals surface area contributed by atoms with Crippen LogP contribution >= 0.6 is 0 Å². The summed E-state index contributed by atoms with van der Waals surface area (Å²) in [5.41, 5.74) is 0.346. The maximum atomic E-state index is 14.0. The van der Waals surface area contributed by atoms with Crippen LogP contribution in [-0.2, 0) is 11.3 Å². The number of ether oxygens (including phenoxy) is 1. The lowest BCUT2D eigenvalue weighted by atomic mass is 10.0. The van der Waals surface area contributed by atoms with Crippen molar-refractivity contribution in [2.24, 2.45) is 0 Å². The number of alkyl carbamates (subject to hydrolysis) is 1. The van der Waals surface area contributed by atoms with E-state index in [4.69, 9.17) is 10.00 Å². The Balaban J connectivity index is 1.86. The Morgan fingerprint density at radius 2 is 1.92 bits per heavy atom. The van der Waals surface area contributed by atoms with Gasteiger partial charge in [-0.05, 0) is 11.6 Å². The molecule has 2 aromatic carbocycles. The summed E-state index contributed by atoms with van der Waals surface area (Å²) in [6, 6.07) is 14.6. The highest BCUT2D eigenvalue weighted by atomic mass is 19.1. The molecular weight excluding hydrogens is 327 g/mol. The van der Waals surface area contributed by atoms with Crippen LogP contribution < -0.4 is 5.32 Å². The summed E-state index contributed by atoms with van der Waals surface area (Å²) in [5, 5.41) is 31.0.